The Morgan fingerprint density at radius 1 is 1.05 bits per heavy atom. The molecule has 0 amide bonds. The predicted molar refractivity (Wildman–Crippen MR) is 81.3 cm³/mol. The van der Waals surface area contributed by atoms with E-state index in [1.165, 1.54) is 44.9 Å². The highest BCUT2D eigenvalue weighted by Gasteiger charge is 2.59. The Hall–Kier alpha value is -0.590. The molecule has 0 aliphatic heterocycles. The van der Waals surface area contributed by atoms with Crippen LogP contribution in [0.1, 0.15) is 65.2 Å². The molecule has 4 aliphatic carbocycles. The van der Waals surface area contributed by atoms with Gasteiger partial charge >= 0.3 is 0 Å². The van der Waals surface area contributed by atoms with Crippen molar-refractivity contribution in [3.63, 3.8) is 0 Å². The SMILES string of the molecule is C[C@]12CCC=CC1CC[C@@H]1[C@H]2CC[C@]2(C)C(=O)CC[C@@H]12. The maximum absolute atomic E-state index is 12.4. The van der Waals surface area contributed by atoms with E-state index in [0.717, 1.165) is 24.2 Å². The monoisotopic (exact) mass is 272 g/mol. The molecule has 0 aromatic rings. The molecule has 3 saturated carbocycles. The lowest BCUT2D eigenvalue weighted by Crippen LogP contribution is -2.52. The molecule has 110 valence electrons. The summed E-state index contributed by atoms with van der Waals surface area (Å²) < 4.78 is 0. The van der Waals surface area contributed by atoms with Crippen LogP contribution in [0, 0.1) is 34.5 Å². The van der Waals surface area contributed by atoms with Crippen molar-refractivity contribution in [2.45, 2.75) is 65.2 Å². The molecular formula is C19H28O. The van der Waals surface area contributed by atoms with Gasteiger partial charge in [-0.15, -0.1) is 0 Å². The maximum atomic E-state index is 12.4. The molecule has 0 N–H and O–H groups in total. The molecule has 0 aromatic heterocycles. The highest BCUT2D eigenvalue weighted by Crippen LogP contribution is 2.64. The van der Waals surface area contributed by atoms with E-state index in [-0.39, 0.29) is 5.41 Å². The molecule has 0 radical (unpaired) electrons. The van der Waals surface area contributed by atoms with Crippen LogP contribution in [-0.4, -0.2) is 5.78 Å². The van der Waals surface area contributed by atoms with E-state index in [0.29, 0.717) is 17.1 Å². The van der Waals surface area contributed by atoms with Crippen LogP contribution in [0.4, 0.5) is 0 Å². The van der Waals surface area contributed by atoms with Crippen LogP contribution in [0.5, 0.6) is 0 Å². The zero-order chi connectivity index (χ0) is 14.0. The summed E-state index contributed by atoms with van der Waals surface area (Å²) in [5.41, 5.74) is 0.583. The third kappa shape index (κ3) is 1.53. The molecule has 20 heavy (non-hydrogen) atoms. The van der Waals surface area contributed by atoms with Crippen LogP contribution in [0.2, 0.25) is 0 Å². The number of carbonyl (C=O) groups is 1. The number of fused-ring (bicyclic) bond motifs is 5. The largest absolute Gasteiger partial charge is 0.299 e. The van der Waals surface area contributed by atoms with Gasteiger partial charge in [-0.2, -0.15) is 0 Å². The summed E-state index contributed by atoms with van der Waals surface area (Å²) in [6.07, 6.45) is 14.9. The van der Waals surface area contributed by atoms with Crippen molar-refractivity contribution >= 4 is 5.78 Å². The minimum atomic E-state index is 0.0505. The summed E-state index contributed by atoms with van der Waals surface area (Å²) in [6.45, 7) is 4.86. The van der Waals surface area contributed by atoms with Crippen molar-refractivity contribution in [1.29, 1.82) is 0 Å². The van der Waals surface area contributed by atoms with Crippen LogP contribution in [0.3, 0.4) is 0 Å². The molecule has 3 fully saturated rings. The van der Waals surface area contributed by atoms with Crippen LogP contribution in [0.15, 0.2) is 12.2 Å². The molecule has 1 nitrogen and oxygen atoms in total. The summed E-state index contributed by atoms with van der Waals surface area (Å²) >= 11 is 0. The maximum Gasteiger partial charge on any atom is 0.139 e. The van der Waals surface area contributed by atoms with Crippen molar-refractivity contribution in [1.82, 2.24) is 0 Å². The van der Waals surface area contributed by atoms with Crippen molar-refractivity contribution in [2.24, 2.45) is 34.5 Å². The molecule has 0 heterocycles. The molecule has 0 aromatic carbocycles. The van der Waals surface area contributed by atoms with E-state index in [4.69, 9.17) is 0 Å². The smallest absolute Gasteiger partial charge is 0.139 e. The number of hydrogen-bond donors (Lipinski definition) is 0. The van der Waals surface area contributed by atoms with E-state index >= 15 is 0 Å². The number of carbonyl (C=O) groups excluding carboxylic acids is 1. The first-order chi connectivity index (χ1) is 9.56. The second-order valence-electron chi connectivity index (χ2n) is 8.45. The first kappa shape index (κ1) is 13.1. The molecule has 4 aliphatic rings. The molecule has 6 atom stereocenters. The molecule has 1 heteroatoms. The lowest BCUT2D eigenvalue weighted by molar-refractivity contribution is -0.135. The lowest BCUT2D eigenvalue weighted by Gasteiger charge is -2.58. The van der Waals surface area contributed by atoms with E-state index in [1.807, 2.05) is 0 Å². The highest BCUT2D eigenvalue weighted by molar-refractivity contribution is 5.87. The molecule has 4 rings (SSSR count). The summed E-state index contributed by atoms with van der Waals surface area (Å²) in [4.78, 5) is 12.4. The molecule has 0 spiro atoms. The van der Waals surface area contributed by atoms with E-state index in [1.54, 1.807) is 0 Å². The topological polar surface area (TPSA) is 17.1 Å². The molecular weight excluding hydrogens is 244 g/mol. The summed E-state index contributed by atoms with van der Waals surface area (Å²) in [6, 6.07) is 0. The Balaban J connectivity index is 1.68. The van der Waals surface area contributed by atoms with Gasteiger partial charge in [0.15, 0.2) is 0 Å². The second kappa shape index (κ2) is 4.21. The fraction of sp³-hybridized carbons (Fsp3) is 0.842. The third-order valence-corrected chi connectivity index (χ3v) is 7.87. The number of rotatable bonds is 0. The Morgan fingerprint density at radius 2 is 1.90 bits per heavy atom. The summed E-state index contributed by atoms with van der Waals surface area (Å²) in [7, 11) is 0. The predicted octanol–water partition coefficient (Wildman–Crippen LogP) is 4.76. The average Bonchev–Trinajstić information content (AvgIpc) is 2.74. The molecule has 0 saturated heterocycles. The average molecular weight is 272 g/mol. The first-order valence-electron chi connectivity index (χ1n) is 8.76. The van der Waals surface area contributed by atoms with Gasteiger partial charge in [0.1, 0.15) is 5.78 Å². The minimum Gasteiger partial charge on any atom is -0.299 e. The number of hydrogen-bond acceptors (Lipinski definition) is 1. The fourth-order valence-electron chi connectivity index (χ4n) is 6.60. The van der Waals surface area contributed by atoms with Gasteiger partial charge in [0, 0.05) is 11.8 Å². The number of ketones is 1. The number of Topliss-reactive ketones (excluding diaryl/α,β-unsaturated/α-hetero) is 1. The second-order valence-corrected chi connectivity index (χ2v) is 8.45. The van der Waals surface area contributed by atoms with Gasteiger partial charge in [-0.05, 0) is 74.0 Å². The van der Waals surface area contributed by atoms with E-state index < -0.39 is 0 Å². The zero-order valence-electron chi connectivity index (χ0n) is 13.0. The van der Waals surface area contributed by atoms with Crippen molar-refractivity contribution in [3.8, 4) is 0 Å². The standard InChI is InChI=1S/C19H28O/c1-18-11-4-3-5-13(18)6-7-14-15-8-9-17(20)19(15,2)12-10-16(14)18/h3,5,13-16H,4,6-12H2,1-2H3/t13?,14-,15-,16+,18-,19-/m0/s1. The van der Waals surface area contributed by atoms with Crippen LogP contribution >= 0.6 is 0 Å². The Labute approximate surface area is 123 Å². The van der Waals surface area contributed by atoms with Crippen molar-refractivity contribution in [3.05, 3.63) is 12.2 Å². The first-order valence-corrected chi connectivity index (χ1v) is 8.76. The third-order valence-electron chi connectivity index (χ3n) is 7.87. The minimum absolute atomic E-state index is 0.0505. The fourth-order valence-corrected chi connectivity index (χ4v) is 6.60. The Kier molecular flexibility index (Phi) is 2.76. The summed E-state index contributed by atoms with van der Waals surface area (Å²) in [5.74, 6) is 3.83. The van der Waals surface area contributed by atoms with E-state index in [2.05, 4.69) is 26.0 Å². The van der Waals surface area contributed by atoms with Crippen molar-refractivity contribution in [2.75, 3.05) is 0 Å². The van der Waals surface area contributed by atoms with Crippen LogP contribution < -0.4 is 0 Å². The van der Waals surface area contributed by atoms with Gasteiger partial charge in [-0.1, -0.05) is 26.0 Å². The lowest BCUT2D eigenvalue weighted by atomic mass is 9.46. The summed E-state index contributed by atoms with van der Waals surface area (Å²) in [5, 5.41) is 0. The Morgan fingerprint density at radius 3 is 2.75 bits per heavy atom. The molecule has 0 bridgehead atoms. The van der Waals surface area contributed by atoms with Gasteiger partial charge in [-0.25, -0.2) is 0 Å². The van der Waals surface area contributed by atoms with Gasteiger partial charge in [0.2, 0.25) is 0 Å². The van der Waals surface area contributed by atoms with Crippen LogP contribution in [-0.2, 0) is 4.79 Å². The van der Waals surface area contributed by atoms with Gasteiger partial charge < -0.3 is 0 Å². The molecule has 1 unspecified atom stereocenters. The van der Waals surface area contributed by atoms with Crippen LogP contribution in [0.25, 0.3) is 0 Å². The van der Waals surface area contributed by atoms with Gasteiger partial charge in [-0.3, -0.25) is 4.79 Å². The quantitative estimate of drug-likeness (QED) is 0.581. The highest BCUT2D eigenvalue weighted by atomic mass is 16.1. The number of allylic oxidation sites excluding steroid dienone is 2. The van der Waals surface area contributed by atoms with E-state index in [9.17, 15) is 4.79 Å². The Bertz CT molecular complexity index is 464. The van der Waals surface area contributed by atoms with Gasteiger partial charge in [0.05, 0.1) is 0 Å². The van der Waals surface area contributed by atoms with Gasteiger partial charge in [0.25, 0.3) is 0 Å². The van der Waals surface area contributed by atoms with Crippen molar-refractivity contribution < 1.29 is 4.79 Å². The zero-order valence-corrected chi connectivity index (χ0v) is 13.0. The normalized spacial score (nSPS) is 54.2.